The lowest BCUT2D eigenvalue weighted by Crippen LogP contribution is -2.36. The molecule has 0 unspecified atom stereocenters. The summed E-state index contributed by atoms with van der Waals surface area (Å²) in [6.07, 6.45) is 1.51. The second kappa shape index (κ2) is 12.4. The fourth-order valence-corrected chi connectivity index (χ4v) is 4.61. The molecule has 9 nitrogen and oxygen atoms in total. The molecule has 0 saturated carbocycles. The zero-order valence-electron chi connectivity index (χ0n) is 22.1. The molecule has 0 aromatic heterocycles. The van der Waals surface area contributed by atoms with Crippen LogP contribution in [0.2, 0.25) is 0 Å². The van der Waals surface area contributed by atoms with Crippen LogP contribution < -0.4 is 10.6 Å². The van der Waals surface area contributed by atoms with Crippen LogP contribution in [0.1, 0.15) is 32.6 Å². The average molecular weight is 558 g/mol. The number of amides is 4. The molecule has 204 valence electrons. The van der Waals surface area contributed by atoms with E-state index < -0.39 is 42.1 Å². The van der Waals surface area contributed by atoms with Gasteiger partial charge in [-0.2, -0.15) is 0 Å². The van der Waals surface area contributed by atoms with Crippen LogP contribution in [0.5, 0.6) is 0 Å². The van der Waals surface area contributed by atoms with E-state index in [0.717, 1.165) is 33.4 Å². The summed E-state index contributed by atoms with van der Waals surface area (Å²) in [7, 11) is 0. The maximum Gasteiger partial charge on any atom is 0.338 e. The molecule has 0 aliphatic carbocycles. The molecule has 0 spiro atoms. The number of ether oxygens (including phenoxy) is 1. The summed E-state index contributed by atoms with van der Waals surface area (Å²) >= 11 is 0.736. The lowest BCUT2D eigenvalue weighted by Gasteiger charge is -2.14. The number of anilines is 2. The number of nitrogens with one attached hydrogen (secondary N) is 2. The van der Waals surface area contributed by atoms with Crippen LogP contribution in [0.4, 0.5) is 16.2 Å². The van der Waals surface area contributed by atoms with Crippen molar-refractivity contribution in [3.8, 4) is 0 Å². The fourth-order valence-electron chi connectivity index (χ4n) is 3.77. The first-order valence-electron chi connectivity index (χ1n) is 12.4. The Bertz CT molecular complexity index is 1510. The Balaban J connectivity index is 1.31. The minimum Gasteiger partial charge on any atom is -0.452 e. The van der Waals surface area contributed by atoms with Gasteiger partial charge in [0.25, 0.3) is 17.1 Å². The van der Waals surface area contributed by atoms with Crippen molar-refractivity contribution in [1.29, 1.82) is 0 Å². The van der Waals surface area contributed by atoms with Gasteiger partial charge in [-0.15, -0.1) is 0 Å². The number of rotatable bonds is 8. The van der Waals surface area contributed by atoms with Crippen molar-refractivity contribution in [3.63, 3.8) is 0 Å². The number of thioether (sulfide) groups is 1. The number of hydrogen-bond donors (Lipinski definition) is 2. The lowest BCUT2D eigenvalue weighted by atomic mass is 10.1. The molecule has 1 aliphatic heterocycles. The van der Waals surface area contributed by atoms with Crippen LogP contribution >= 0.6 is 11.8 Å². The summed E-state index contributed by atoms with van der Waals surface area (Å²) in [5, 5.41) is 4.85. The highest BCUT2D eigenvalue weighted by molar-refractivity contribution is 8.18. The third kappa shape index (κ3) is 7.03. The number of aryl methyl sites for hydroxylation is 2. The maximum absolute atomic E-state index is 12.8. The van der Waals surface area contributed by atoms with Gasteiger partial charge in [0.2, 0.25) is 5.91 Å². The zero-order chi connectivity index (χ0) is 28.8. The van der Waals surface area contributed by atoms with Crippen molar-refractivity contribution < 1.29 is 28.7 Å². The average Bonchev–Trinajstić information content (AvgIpc) is 3.18. The van der Waals surface area contributed by atoms with Gasteiger partial charge in [0.05, 0.1) is 10.5 Å². The Labute approximate surface area is 235 Å². The summed E-state index contributed by atoms with van der Waals surface area (Å²) in [5.41, 5.74) is 4.98. The van der Waals surface area contributed by atoms with E-state index in [1.54, 1.807) is 30.3 Å². The van der Waals surface area contributed by atoms with Gasteiger partial charge in [-0.25, -0.2) is 4.79 Å². The summed E-state index contributed by atoms with van der Waals surface area (Å²) in [5.74, 6) is -2.20. The van der Waals surface area contributed by atoms with Gasteiger partial charge >= 0.3 is 5.97 Å². The molecule has 1 heterocycles. The normalized spacial score (nSPS) is 13.9. The van der Waals surface area contributed by atoms with Gasteiger partial charge in [0.15, 0.2) is 6.61 Å². The highest BCUT2D eigenvalue weighted by atomic mass is 32.2. The SMILES string of the molecule is Cc1ccc(NC(=O)COC(=O)c2ccc(/C=C3\SC(=O)N(CC(=O)Nc4cccc(C)c4C)C3=O)cc2)cc1. The first-order chi connectivity index (χ1) is 19.1. The van der Waals surface area contributed by atoms with E-state index in [9.17, 15) is 24.0 Å². The summed E-state index contributed by atoms with van der Waals surface area (Å²) < 4.78 is 5.08. The fraction of sp³-hybridized carbons (Fsp3) is 0.167. The molecule has 0 atom stereocenters. The van der Waals surface area contributed by atoms with E-state index in [-0.39, 0.29) is 10.5 Å². The smallest absolute Gasteiger partial charge is 0.338 e. The number of benzene rings is 3. The Morgan fingerprint density at radius 1 is 0.875 bits per heavy atom. The van der Waals surface area contributed by atoms with E-state index in [1.807, 2.05) is 45.0 Å². The second-order valence-corrected chi connectivity index (χ2v) is 10.2. The van der Waals surface area contributed by atoms with Crippen molar-refractivity contribution in [3.05, 3.63) is 99.5 Å². The standard InChI is InChI=1S/C30H27N3O6S/c1-18-7-13-23(14-8-18)31-27(35)17-39-29(37)22-11-9-21(10-12-22)15-25-28(36)33(30(38)40-25)16-26(34)32-24-6-4-5-19(2)20(24)3/h4-15H,16-17H2,1-3H3,(H,31,35)(H,32,34)/b25-15-. The Kier molecular flexibility index (Phi) is 8.80. The van der Waals surface area contributed by atoms with Crippen molar-refractivity contribution in [1.82, 2.24) is 4.90 Å². The van der Waals surface area contributed by atoms with Gasteiger partial charge in [-0.05, 0) is 85.6 Å². The third-order valence-corrected chi connectivity index (χ3v) is 7.08. The molecule has 1 aliphatic rings. The molecule has 0 radical (unpaired) electrons. The number of hydrogen-bond acceptors (Lipinski definition) is 7. The molecule has 3 aromatic carbocycles. The van der Waals surface area contributed by atoms with Gasteiger partial charge in [-0.1, -0.05) is 42.0 Å². The highest BCUT2D eigenvalue weighted by Crippen LogP contribution is 2.32. The maximum atomic E-state index is 12.8. The van der Waals surface area contributed by atoms with Gasteiger partial charge in [0, 0.05) is 11.4 Å². The molecule has 1 fully saturated rings. The molecule has 4 rings (SSSR count). The molecule has 3 aromatic rings. The largest absolute Gasteiger partial charge is 0.452 e. The topological polar surface area (TPSA) is 122 Å². The monoisotopic (exact) mass is 557 g/mol. The predicted molar refractivity (Wildman–Crippen MR) is 154 cm³/mol. The summed E-state index contributed by atoms with van der Waals surface area (Å²) in [6.45, 7) is 4.88. The van der Waals surface area contributed by atoms with E-state index in [2.05, 4.69) is 10.6 Å². The minimum atomic E-state index is -0.680. The summed E-state index contributed by atoms with van der Waals surface area (Å²) in [4.78, 5) is 63.3. The number of imide groups is 1. The number of esters is 1. The van der Waals surface area contributed by atoms with Crippen molar-refractivity contribution in [2.45, 2.75) is 20.8 Å². The van der Waals surface area contributed by atoms with Gasteiger partial charge in [-0.3, -0.25) is 24.1 Å². The van der Waals surface area contributed by atoms with E-state index >= 15 is 0 Å². The van der Waals surface area contributed by atoms with Crippen LogP contribution in [0, 0.1) is 20.8 Å². The first-order valence-corrected chi connectivity index (χ1v) is 13.2. The molecule has 40 heavy (non-hydrogen) atoms. The quantitative estimate of drug-likeness (QED) is 0.293. The number of carbonyl (C=O) groups is 5. The van der Waals surface area contributed by atoms with Crippen LogP contribution in [0.15, 0.2) is 71.6 Å². The molecular weight excluding hydrogens is 530 g/mol. The highest BCUT2D eigenvalue weighted by Gasteiger charge is 2.36. The van der Waals surface area contributed by atoms with Crippen LogP contribution in [-0.4, -0.2) is 47.0 Å². The lowest BCUT2D eigenvalue weighted by molar-refractivity contribution is -0.127. The summed E-state index contributed by atoms with van der Waals surface area (Å²) in [6, 6.07) is 18.9. The molecule has 1 saturated heterocycles. The Morgan fingerprint density at radius 2 is 1.57 bits per heavy atom. The van der Waals surface area contributed by atoms with Crippen LogP contribution in [0.3, 0.4) is 0 Å². The Morgan fingerprint density at radius 3 is 2.27 bits per heavy atom. The number of carbonyl (C=O) groups excluding carboxylic acids is 5. The Hall–Kier alpha value is -4.70. The van der Waals surface area contributed by atoms with Crippen molar-refractivity contribution in [2.24, 2.45) is 0 Å². The molecule has 0 bridgehead atoms. The molecule has 4 amide bonds. The van der Waals surface area contributed by atoms with Crippen molar-refractivity contribution >= 4 is 58.1 Å². The second-order valence-electron chi connectivity index (χ2n) is 9.18. The predicted octanol–water partition coefficient (Wildman–Crippen LogP) is 5.08. The number of nitrogens with zero attached hydrogens (tertiary/aromatic N) is 1. The molecule has 10 heteroatoms. The van der Waals surface area contributed by atoms with Crippen LogP contribution in [-0.2, 0) is 19.1 Å². The van der Waals surface area contributed by atoms with Gasteiger partial charge < -0.3 is 15.4 Å². The van der Waals surface area contributed by atoms with Crippen molar-refractivity contribution in [2.75, 3.05) is 23.8 Å². The third-order valence-electron chi connectivity index (χ3n) is 6.17. The first kappa shape index (κ1) is 28.3. The van der Waals surface area contributed by atoms with E-state index in [0.29, 0.717) is 16.9 Å². The van der Waals surface area contributed by atoms with E-state index in [4.69, 9.17) is 4.74 Å². The zero-order valence-corrected chi connectivity index (χ0v) is 23.0. The van der Waals surface area contributed by atoms with Gasteiger partial charge in [0.1, 0.15) is 6.54 Å². The van der Waals surface area contributed by atoms with Crippen LogP contribution in [0.25, 0.3) is 6.08 Å². The molecule has 2 N–H and O–H groups in total. The molecular formula is C30H27N3O6S. The minimum absolute atomic E-state index is 0.160. The van der Waals surface area contributed by atoms with E-state index in [1.165, 1.54) is 18.2 Å².